The smallest absolute Gasteiger partial charge is 0.310 e. The van der Waals surface area contributed by atoms with Crippen molar-refractivity contribution in [3.05, 3.63) is 35.1 Å². The highest BCUT2D eigenvalue weighted by Crippen LogP contribution is 2.35. The number of aliphatic carboxylic acids is 1. The van der Waals surface area contributed by atoms with E-state index in [1.807, 2.05) is 13.0 Å². The quantitative estimate of drug-likeness (QED) is 0.913. The Labute approximate surface area is 113 Å². The van der Waals surface area contributed by atoms with E-state index in [1.54, 1.807) is 26.0 Å². The van der Waals surface area contributed by atoms with Gasteiger partial charge >= 0.3 is 5.97 Å². The standard InChI is InChI=1S/C15H20FNO2/c1-10-4-5-12(8-13(10)16)11(2)17-7-6-15(3,9-17)14(18)19/h4-5,8,11H,6-7,9H2,1-3H3,(H,18,19). The normalized spacial score (nSPS) is 25.5. The van der Waals surface area contributed by atoms with Crippen LogP contribution >= 0.6 is 0 Å². The van der Waals surface area contributed by atoms with E-state index in [-0.39, 0.29) is 11.9 Å². The maximum Gasteiger partial charge on any atom is 0.310 e. The van der Waals surface area contributed by atoms with Gasteiger partial charge in [-0.1, -0.05) is 12.1 Å². The van der Waals surface area contributed by atoms with E-state index >= 15 is 0 Å². The molecule has 1 aromatic rings. The van der Waals surface area contributed by atoms with Crippen LogP contribution in [0, 0.1) is 18.2 Å². The molecule has 0 bridgehead atoms. The molecule has 0 amide bonds. The van der Waals surface area contributed by atoms with Crippen molar-refractivity contribution in [1.82, 2.24) is 4.90 Å². The fraction of sp³-hybridized carbons (Fsp3) is 0.533. The summed E-state index contributed by atoms with van der Waals surface area (Å²) in [6.07, 6.45) is 0.640. The van der Waals surface area contributed by atoms with E-state index in [0.717, 1.165) is 12.1 Å². The molecule has 0 saturated carbocycles. The molecule has 19 heavy (non-hydrogen) atoms. The molecule has 1 N–H and O–H groups in total. The van der Waals surface area contributed by atoms with E-state index in [1.165, 1.54) is 0 Å². The summed E-state index contributed by atoms with van der Waals surface area (Å²) in [5.41, 5.74) is 0.850. The van der Waals surface area contributed by atoms with Gasteiger partial charge < -0.3 is 5.11 Å². The molecule has 0 aromatic heterocycles. The van der Waals surface area contributed by atoms with Gasteiger partial charge in [-0.15, -0.1) is 0 Å². The zero-order valence-electron chi connectivity index (χ0n) is 11.6. The Bertz CT molecular complexity index is 503. The van der Waals surface area contributed by atoms with Crippen molar-refractivity contribution < 1.29 is 14.3 Å². The van der Waals surface area contributed by atoms with Gasteiger partial charge in [-0.25, -0.2) is 4.39 Å². The molecular weight excluding hydrogens is 245 g/mol. The Morgan fingerprint density at radius 3 is 2.74 bits per heavy atom. The average molecular weight is 265 g/mol. The lowest BCUT2D eigenvalue weighted by atomic mass is 9.90. The SMILES string of the molecule is Cc1ccc(C(C)N2CCC(C)(C(=O)O)C2)cc1F. The van der Waals surface area contributed by atoms with Gasteiger partial charge in [0.2, 0.25) is 0 Å². The topological polar surface area (TPSA) is 40.5 Å². The summed E-state index contributed by atoms with van der Waals surface area (Å²) in [6, 6.07) is 5.28. The number of hydrogen-bond acceptors (Lipinski definition) is 2. The third-order valence-corrected chi connectivity index (χ3v) is 4.25. The van der Waals surface area contributed by atoms with Gasteiger partial charge in [0.25, 0.3) is 0 Å². The van der Waals surface area contributed by atoms with Gasteiger partial charge in [0.1, 0.15) is 5.82 Å². The van der Waals surface area contributed by atoms with Crippen LogP contribution in [0.4, 0.5) is 4.39 Å². The molecule has 4 heteroatoms. The Balaban J connectivity index is 2.15. The highest BCUT2D eigenvalue weighted by atomic mass is 19.1. The molecule has 2 unspecified atom stereocenters. The number of hydrogen-bond donors (Lipinski definition) is 1. The lowest BCUT2D eigenvalue weighted by Gasteiger charge is -2.26. The highest BCUT2D eigenvalue weighted by Gasteiger charge is 2.41. The monoisotopic (exact) mass is 265 g/mol. The van der Waals surface area contributed by atoms with Crippen LogP contribution in [0.25, 0.3) is 0 Å². The van der Waals surface area contributed by atoms with E-state index in [2.05, 4.69) is 4.90 Å². The second-order valence-electron chi connectivity index (χ2n) is 5.77. The summed E-state index contributed by atoms with van der Waals surface area (Å²) < 4.78 is 13.6. The van der Waals surface area contributed by atoms with Gasteiger partial charge in [0, 0.05) is 12.6 Å². The molecule has 0 radical (unpaired) electrons. The average Bonchev–Trinajstić information content (AvgIpc) is 2.76. The Morgan fingerprint density at radius 2 is 2.21 bits per heavy atom. The van der Waals surface area contributed by atoms with Gasteiger partial charge in [0.05, 0.1) is 5.41 Å². The third kappa shape index (κ3) is 2.63. The maximum absolute atomic E-state index is 13.6. The van der Waals surface area contributed by atoms with Crippen molar-refractivity contribution in [2.24, 2.45) is 5.41 Å². The van der Waals surface area contributed by atoms with Crippen LogP contribution in [-0.4, -0.2) is 29.1 Å². The second kappa shape index (κ2) is 4.93. The number of carboxylic acid groups (broad SMARTS) is 1. The maximum atomic E-state index is 13.6. The van der Waals surface area contributed by atoms with Crippen LogP contribution < -0.4 is 0 Å². The summed E-state index contributed by atoms with van der Waals surface area (Å²) in [7, 11) is 0. The van der Waals surface area contributed by atoms with Crippen LogP contribution in [0.5, 0.6) is 0 Å². The van der Waals surface area contributed by atoms with Crippen molar-refractivity contribution in [3.63, 3.8) is 0 Å². The Hall–Kier alpha value is -1.42. The molecule has 2 atom stereocenters. The predicted octanol–water partition coefficient (Wildman–Crippen LogP) is 2.99. The predicted molar refractivity (Wildman–Crippen MR) is 71.5 cm³/mol. The first-order valence-corrected chi connectivity index (χ1v) is 6.57. The minimum atomic E-state index is -0.753. The molecule has 1 aliphatic heterocycles. The number of rotatable bonds is 3. The first-order valence-electron chi connectivity index (χ1n) is 6.57. The largest absolute Gasteiger partial charge is 0.481 e. The minimum absolute atomic E-state index is 0.0382. The summed E-state index contributed by atoms with van der Waals surface area (Å²) in [4.78, 5) is 13.3. The molecule has 1 saturated heterocycles. The minimum Gasteiger partial charge on any atom is -0.481 e. The fourth-order valence-electron chi connectivity index (χ4n) is 2.58. The molecule has 0 aliphatic carbocycles. The van der Waals surface area contributed by atoms with Crippen LogP contribution in [0.15, 0.2) is 18.2 Å². The van der Waals surface area contributed by atoms with Crippen LogP contribution in [0.2, 0.25) is 0 Å². The molecular formula is C15H20FNO2. The number of carbonyl (C=O) groups is 1. The molecule has 1 aromatic carbocycles. The Kier molecular flexibility index (Phi) is 3.63. The molecule has 1 heterocycles. The lowest BCUT2D eigenvalue weighted by molar-refractivity contribution is -0.147. The molecule has 104 valence electrons. The van der Waals surface area contributed by atoms with Crippen LogP contribution in [0.1, 0.15) is 37.4 Å². The van der Waals surface area contributed by atoms with Gasteiger partial charge in [0.15, 0.2) is 0 Å². The molecule has 0 spiro atoms. The second-order valence-corrected chi connectivity index (χ2v) is 5.77. The van der Waals surface area contributed by atoms with E-state index in [9.17, 15) is 14.3 Å². The van der Waals surface area contributed by atoms with Gasteiger partial charge in [-0.05, 0) is 50.9 Å². The number of aryl methyl sites for hydroxylation is 1. The lowest BCUT2D eigenvalue weighted by Crippen LogP contribution is -2.32. The fourth-order valence-corrected chi connectivity index (χ4v) is 2.58. The van der Waals surface area contributed by atoms with Crippen molar-refractivity contribution >= 4 is 5.97 Å². The molecule has 2 rings (SSSR count). The van der Waals surface area contributed by atoms with Crippen molar-refractivity contribution in [2.75, 3.05) is 13.1 Å². The molecule has 1 aliphatic rings. The summed E-state index contributed by atoms with van der Waals surface area (Å²) in [5, 5.41) is 9.24. The highest BCUT2D eigenvalue weighted by molar-refractivity contribution is 5.74. The zero-order chi connectivity index (χ0) is 14.2. The number of likely N-dealkylation sites (tertiary alicyclic amines) is 1. The summed E-state index contributed by atoms with van der Waals surface area (Å²) in [5.74, 6) is -0.957. The third-order valence-electron chi connectivity index (χ3n) is 4.25. The van der Waals surface area contributed by atoms with Crippen molar-refractivity contribution in [2.45, 2.75) is 33.2 Å². The Morgan fingerprint density at radius 1 is 1.53 bits per heavy atom. The number of halogens is 1. The van der Waals surface area contributed by atoms with Gasteiger partial charge in [-0.3, -0.25) is 9.69 Å². The molecule has 3 nitrogen and oxygen atoms in total. The van der Waals surface area contributed by atoms with Crippen molar-refractivity contribution in [3.8, 4) is 0 Å². The van der Waals surface area contributed by atoms with E-state index in [4.69, 9.17) is 0 Å². The van der Waals surface area contributed by atoms with Crippen LogP contribution in [-0.2, 0) is 4.79 Å². The van der Waals surface area contributed by atoms with Crippen molar-refractivity contribution in [1.29, 1.82) is 0 Å². The number of nitrogens with zero attached hydrogens (tertiary/aromatic N) is 1. The van der Waals surface area contributed by atoms with Crippen LogP contribution in [0.3, 0.4) is 0 Å². The number of carboxylic acids is 1. The van der Waals surface area contributed by atoms with E-state index < -0.39 is 11.4 Å². The van der Waals surface area contributed by atoms with E-state index in [0.29, 0.717) is 18.5 Å². The molecule has 1 fully saturated rings. The zero-order valence-corrected chi connectivity index (χ0v) is 11.6. The first-order chi connectivity index (χ1) is 8.83. The summed E-state index contributed by atoms with van der Waals surface area (Å²) >= 11 is 0. The first kappa shape index (κ1) is 14.0. The number of benzene rings is 1. The summed E-state index contributed by atoms with van der Waals surface area (Å²) in [6.45, 7) is 6.76. The van der Waals surface area contributed by atoms with Gasteiger partial charge in [-0.2, -0.15) is 0 Å².